The van der Waals surface area contributed by atoms with Gasteiger partial charge in [-0.3, -0.25) is 4.79 Å². The van der Waals surface area contributed by atoms with Gasteiger partial charge in [-0.1, -0.05) is 36.4 Å². The lowest BCUT2D eigenvalue weighted by Crippen LogP contribution is -2.28. The molecule has 0 heterocycles. The highest BCUT2D eigenvalue weighted by Gasteiger charge is 2.14. The summed E-state index contributed by atoms with van der Waals surface area (Å²) in [7, 11) is 1.59. The topological polar surface area (TPSA) is 94.4 Å². The second-order valence-electron chi connectivity index (χ2n) is 6.46. The Balaban J connectivity index is 1.75. The third-order valence-electron chi connectivity index (χ3n) is 4.60. The van der Waals surface area contributed by atoms with Gasteiger partial charge in [-0.15, -0.1) is 0 Å². The number of methoxy groups -OCH3 is 1. The van der Waals surface area contributed by atoms with Gasteiger partial charge in [0.1, 0.15) is 23.1 Å². The van der Waals surface area contributed by atoms with E-state index in [1.807, 2.05) is 49.4 Å². The maximum atomic E-state index is 12.5. The Morgan fingerprint density at radius 1 is 1.10 bits per heavy atom. The zero-order chi connectivity index (χ0) is 20.8. The van der Waals surface area contributed by atoms with Gasteiger partial charge >= 0.3 is 0 Å². The Morgan fingerprint density at radius 3 is 2.48 bits per heavy atom. The van der Waals surface area contributed by atoms with E-state index in [4.69, 9.17) is 4.74 Å². The molecule has 0 saturated heterocycles. The number of aromatic hydroxyl groups is 1. The van der Waals surface area contributed by atoms with E-state index in [9.17, 15) is 15.2 Å². The number of nitrogens with zero attached hydrogens (tertiary/aromatic N) is 1. The molecule has 0 fully saturated rings. The Labute approximate surface area is 169 Å². The van der Waals surface area contributed by atoms with Gasteiger partial charge in [0.15, 0.2) is 0 Å². The molecule has 0 spiro atoms. The molecule has 6 nitrogen and oxygen atoms in total. The van der Waals surface area contributed by atoms with E-state index < -0.39 is 5.91 Å². The minimum atomic E-state index is -0.480. The van der Waals surface area contributed by atoms with Crippen LogP contribution in [0, 0.1) is 11.3 Å². The van der Waals surface area contributed by atoms with Crippen LogP contribution in [0.2, 0.25) is 0 Å². The Morgan fingerprint density at radius 2 is 1.79 bits per heavy atom. The zero-order valence-corrected chi connectivity index (χ0v) is 16.1. The predicted molar refractivity (Wildman–Crippen MR) is 112 cm³/mol. The van der Waals surface area contributed by atoms with Crippen molar-refractivity contribution in [2.75, 3.05) is 12.4 Å². The van der Waals surface area contributed by atoms with E-state index in [-0.39, 0.29) is 17.4 Å². The summed E-state index contributed by atoms with van der Waals surface area (Å²) in [5.74, 6) is 0.420. The fourth-order valence-corrected chi connectivity index (χ4v) is 2.97. The van der Waals surface area contributed by atoms with E-state index in [1.165, 1.54) is 6.20 Å². The van der Waals surface area contributed by atoms with Gasteiger partial charge in [0.25, 0.3) is 5.91 Å². The van der Waals surface area contributed by atoms with E-state index in [2.05, 4.69) is 10.6 Å². The molecule has 0 radical (unpaired) electrons. The molecule has 0 saturated carbocycles. The van der Waals surface area contributed by atoms with Crippen LogP contribution in [0.1, 0.15) is 18.5 Å². The summed E-state index contributed by atoms with van der Waals surface area (Å²) in [4.78, 5) is 12.5. The second-order valence-corrected chi connectivity index (χ2v) is 6.46. The highest BCUT2D eigenvalue weighted by atomic mass is 16.5. The Bertz CT molecular complexity index is 1100. The minimum Gasteiger partial charge on any atom is -0.507 e. The molecule has 1 atom stereocenters. The number of phenols is 1. The molecule has 3 aromatic rings. The molecule has 3 aromatic carbocycles. The monoisotopic (exact) mass is 387 g/mol. The van der Waals surface area contributed by atoms with E-state index in [1.54, 1.807) is 31.4 Å². The molecule has 146 valence electrons. The van der Waals surface area contributed by atoms with Gasteiger partial charge in [-0.25, -0.2) is 0 Å². The first-order valence-electron chi connectivity index (χ1n) is 9.06. The fourth-order valence-electron chi connectivity index (χ4n) is 2.97. The van der Waals surface area contributed by atoms with Crippen LogP contribution in [0.15, 0.2) is 72.4 Å². The van der Waals surface area contributed by atoms with Crippen LogP contribution < -0.4 is 15.4 Å². The highest BCUT2D eigenvalue weighted by Crippen LogP contribution is 2.29. The lowest BCUT2D eigenvalue weighted by molar-refractivity contribution is -0.117. The van der Waals surface area contributed by atoms with Crippen molar-refractivity contribution in [1.29, 1.82) is 5.26 Å². The van der Waals surface area contributed by atoms with Gasteiger partial charge < -0.3 is 20.5 Å². The van der Waals surface area contributed by atoms with E-state index in [0.29, 0.717) is 11.1 Å². The number of carbonyl (C=O) groups excluding carboxylic acids is 1. The lowest BCUT2D eigenvalue weighted by atomic mass is 10.1. The van der Waals surface area contributed by atoms with Crippen molar-refractivity contribution in [3.8, 4) is 17.6 Å². The van der Waals surface area contributed by atoms with Crippen LogP contribution in [0.25, 0.3) is 10.8 Å². The normalized spacial score (nSPS) is 12.1. The van der Waals surface area contributed by atoms with Crippen molar-refractivity contribution < 1.29 is 14.6 Å². The number of carbonyl (C=O) groups is 1. The van der Waals surface area contributed by atoms with Crippen LogP contribution in [-0.4, -0.2) is 18.1 Å². The highest BCUT2D eigenvalue weighted by molar-refractivity contribution is 6.00. The first-order chi connectivity index (χ1) is 14.0. The number of phenolic OH excluding ortho intramolecular Hbond substituents is 1. The van der Waals surface area contributed by atoms with Crippen molar-refractivity contribution in [3.05, 3.63) is 78.0 Å². The summed E-state index contributed by atoms with van der Waals surface area (Å²) in [6, 6.07) is 19.6. The number of benzene rings is 3. The van der Waals surface area contributed by atoms with Crippen molar-refractivity contribution >= 4 is 22.4 Å². The molecule has 1 unspecified atom stereocenters. The molecule has 0 aliphatic rings. The maximum Gasteiger partial charge on any atom is 0.263 e. The molecule has 1 amide bonds. The summed E-state index contributed by atoms with van der Waals surface area (Å²) in [5.41, 5.74) is 1.53. The first-order valence-corrected chi connectivity index (χ1v) is 9.06. The summed E-state index contributed by atoms with van der Waals surface area (Å²) in [5, 5.41) is 26.7. The number of nitriles is 1. The molecular weight excluding hydrogens is 366 g/mol. The zero-order valence-electron chi connectivity index (χ0n) is 16.1. The van der Waals surface area contributed by atoms with Crippen molar-refractivity contribution in [3.63, 3.8) is 0 Å². The quantitative estimate of drug-likeness (QED) is 0.434. The number of hydrogen-bond acceptors (Lipinski definition) is 5. The van der Waals surface area contributed by atoms with Crippen molar-refractivity contribution in [2.24, 2.45) is 0 Å². The Kier molecular flexibility index (Phi) is 6.00. The summed E-state index contributed by atoms with van der Waals surface area (Å²) < 4.78 is 5.13. The maximum absolute atomic E-state index is 12.5. The van der Waals surface area contributed by atoms with E-state index >= 15 is 0 Å². The van der Waals surface area contributed by atoms with Crippen LogP contribution in [0.5, 0.6) is 11.5 Å². The number of fused-ring (bicyclic) bond motifs is 1. The molecule has 0 aliphatic heterocycles. The number of rotatable bonds is 6. The van der Waals surface area contributed by atoms with Crippen LogP contribution in [-0.2, 0) is 4.79 Å². The predicted octanol–water partition coefficient (Wildman–Crippen LogP) is 4.25. The van der Waals surface area contributed by atoms with Gasteiger partial charge in [0.05, 0.1) is 13.2 Å². The third kappa shape index (κ3) is 4.47. The van der Waals surface area contributed by atoms with Gasteiger partial charge in [0.2, 0.25) is 0 Å². The average molecular weight is 387 g/mol. The third-order valence-corrected chi connectivity index (χ3v) is 4.60. The lowest BCUT2D eigenvalue weighted by Gasteiger charge is -2.14. The van der Waals surface area contributed by atoms with Gasteiger partial charge in [-0.05, 0) is 36.8 Å². The van der Waals surface area contributed by atoms with Gasteiger partial charge in [-0.2, -0.15) is 5.26 Å². The van der Waals surface area contributed by atoms with E-state index in [0.717, 1.165) is 16.7 Å². The standard InChI is InChI=1S/C23H21N3O3/c1-15(16-9-11-18(29-2)12-10-16)26-23(28)17(13-24)14-25-21-7-3-6-20-19(21)5-4-8-22(20)27/h3-12,14-15,25,27H,1-2H3,(H,26,28)/b17-14-. The molecule has 3 N–H and O–H groups in total. The van der Waals surface area contributed by atoms with Crippen LogP contribution in [0.4, 0.5) is 5.69 Å². The van der Waals surface area contributed by atoms with Crippen molar-refractivity contribution in [2.45, 2.75) is 13.0 Å². The number of hydrogen-bond donors (Lipinski definition) is 3. The summed E-state index contributed by atoms with van der Waals surface area (Å²) in [6.07, 6.45) is 1.37. The number of amides is 1. The molecular formula is C23H21N3O3. The smallest absolute Gasteiger partial charge is 0.263 e. The Hall–Kier alpha value is -3.98. The summed E-state index contributed by atoms with van der Waals surface area (Å²) in [6.45, 7) is 1.84. The van der Waals surface area contributed by atoms with Crippen LogP contribution >= 0.6 is 0 Å². The second kappa shape index (κ2) is 8.81. The average Bonchev–Trinajstić information content (AvgIpc) is 2.74. The first kappa shape index (κ1) is 19.8. The molecule has 0 bridgehead atoms. The fraction of sp³-hybridized carbons (Fsp3) is 0.130. The largest absolute Gasteiger partial charge is 0.507 e. The van der Waals surface area contributed by atoms with Crippen LogP contribution in [0.3, 0.4) is 0 Å². The minimum absolute atomic E-state index is 0.0532. The van der Waals surface area contributed by atoms with Crippen molar-refractivity contribution in [1.82, 2.24) is 5.32 Å². The van der Waals surface area contributed by atoms with Gasteiger partial charge in [0, 0.05) is 22.7 Å². The molecule has 3 rings (SSSR count). The summed E-state index contributed by atoms with van der Waals surface area (Å²) >= 11 is 0. The molecule has 0 aromatic heterocycles. The molecule has 29 heavy (non-hydrogen) atoms. The number of nitrogens with one attached hydrogen (secondary N) is 2. The number of ether oxygens (including phenoxy) is 1. The molecule has 6 heteroatoms. The SMILES string of the molecule is COc1ccc(C(C)NC(=O)/C(C#N)=C\Nc2cccc3c(O)cccc23)cc1. The number of anilines is 1. The molecule has 0 aliphatic carbocycles.